The number of esters is 1. The zero-order valence-corrected chi connectivity index (χ0v) is 21.0. The number of rotatable bonds is 4. The van der Waals surface area contributed by atoms with Gasteiger partial charge in [-0.1, -0.05) is 41.2 Å². The summed E-state index contributed by atoms with van der Waals surface area (Å²) in [5.74, 6) is -1.76. The van der Waals surface area contributed by atoms with Crippen LogP contribution in [0.1, 0.15) is 50.6 Å². The Balaban J connectivity index is 1.68. The predicted octanol–water partition coefficient (Wildman–Crippen LogP) is 4.50. The smallest absolute Gasteiger partial charge is 0.350 e. The summed E-state index contributed by atoms with van der Waals surface area (Å²) >= 11 is 0.969. The molecule has 1 N–H and O–H groups in total. The predicted molar refractivity (Wildman–Crippen MR) is 134 cm³/mol. The number of aliphatic hydroxyl groups excluding tert-OH is 1. The van der Waals surface area contributed by atoms with Crippen LogP contribution in [0, 0.1) is 13.8 Å². The molecule has 2 unspecified atom stereocenters. The molecule has 2 aliphatic heterocycles. The molecule has 184 valence electrons. The van der Waals surface area contributed by atoms with Gasteiger partial charge in [0, 0.05) is 12.0 Å². The topological polar surface area (TPSA) is 106 Å². The fraction of sp³-hybridized carbons (Fsp3) is 0.259. The minimum atomic E-state index is -0.926. The van der Waals surface area contributed by atoms with E-state index in [0.29, 0.717) is 23.2 Å². The highest BCUT2D eigenvalue weighted by molar-refractivity contribution is 7.17. The Morgan fingerprint density at radius 1 is 1.17 bits per heavy atom. The molecule has 0 aliphatic carbocycles. The third-order valence-corrected chi connectivity index (χ3v) is 7.51. The van der Waals surface area contributed by atoms with Gasteiger partial charge in [0.25, 0.3) is 5.78 Å². The summed E-state index contributed by atoms with van der Waals surface area (Å²) in [7, 11) is 1.27. The van der Waals surface area contributed by atoms with Gasteiger partial charge < -0.3 is 14.6 Å². The van der Waals surface area contributed by atoms with Crippen LogP contribution in [0.15, 0.2) is 48.0 Å². The number of fused-ring (bicyclic) bond motifs is 1. The van der Waals surface area contributed by atoms with E-state index in [4.69, 9.17) is 9.47 Å². The first-order valence-corrected chi connectivity index (χ1v) is 12.2. The molecule has 8 nitrogen and oxygen atoms in total. The number of amides is 1. The summed E-state index contributed by atoms with van der Waals surface area (Å²) in [4.78, 5) is 44.8. The summed E-state index contributed by atoms with van der Waals surface area (Å²) in [6.07, 6.45) is 0.702. The van der Waals surface area contributed by atoms with Gasteiger partial charge >= 0.3 is 11.9 Å². The number of anilines is 1. The molecule has 1 aromatic heterocycles. The first kappa shape index (κ1) is 23.7. The molecule has 0 saturated carbocycles. The molecule has 9 heteroatoms. The van der Waals surface area contributed by atoms with Gasteiger partial charge in [0.1, 0.15) is 22.5 Å². The summed E-state index contributed by atoms with van der Waals surface area (Å²) < 4.78 is 10.6. The van der Waals surface area contributed by atoms with Gasteiger partial charge in [-0.2, -0.15) is 0 Å². The number of Topliss-reactive ketones (excluding diaryl/α,β-unsaturated/α-hetero) is 1. The molecule has 0 spiro atoms. The second kappa shape index (κ2) is 8.91. The van der Waals surface area contributed by atoms with Gasteiger partial charge in [0.2, 0.25) is 0 Å². The maximum Gasteiger partial charge on any atom is 0.350 e. The average Bonchev–Trinajstić information content (AvgIpc) is 3.50. The number of hydrogen-bond donors (Lipinski definition) is 1. The lowest BCUT2D eigenvalue weighted by atomic mass is 9.94. The van der Waals surface area contributed by atoms with E-state index in [2.05, 4.69) is 4.98 Å². The van der Waals surface area contributed by atoms with Crippen molar-refractivity contribution in [2.24, 2.45) is 0 Å². The van der Waals surface area contributed by atoms with E-state index in [-0.39, 0.29) is 27.4 Å². The molecule has 1 fully saturated rings. The normalized spacial score (nSPS) is 20.4. The zero-order valence-electron chi connectivity index (χ0n) is 20.2. The molecule has 1 saturated heterocycles. The highest BCUT2D eigenvalue weighted by Gasteiger charge is 2.48. The van der Waals surface area contributed by atoms with Crippen molar-refractivity contribution in [1.82, 2.24) is 4.98 Å². The Morgan fingerprint density at radius 3 is 2.58 bits per heavy atom. The number of carbonyl (C=O) groups is 3. The maximum absolute atomic E-state index is 13.4. The number of aryl methyl sites for hydroxylation is 2. The first-order chi connectivity index (χ1) is 17.2. The molecule has 5 rings (SSSR count). The first-order valence-electron chi connectivity index (χ1n) is 11.4. The second-order valence-corrected chi connectivity index (χ2v) is 9.91. The van der Waals surface area contributed by atoms with E-state index in [1.807, 2.05) is 38.1 Å². The summed E-state index contributed by atoms with van der Waals surface area (Å²) in [6.45, 7) is 5.53. The SMILES string of the molecule is COC(=O)c1sc(N2C(=O)C(=O)/C(=C(/O)c3ccc4c(c3)CC(C)O4)C2c2ccc(C)cc2)nc1C. The van der Waals surface area contributed by atoms with Crippen molar-refractivity contribution in [3.05, 3.63) is 80.9 Å². The Morgan fingerprint density at radius 2 is 1.89 bits per heavy atom. The molecule has 3 aromatic rings. The van der Waals surface area contributed by atoms with E-state index >= 15 is 0 Å². The minimum Gasteiger partial charge on any atom is -0.507 e. The zero-order chi connectivity index (χ0) is 25.7. The quantitative estimate of drug-likeness (QED) is 0.241. The van der Waals surface area contributed by atoms with Gasteiger partial charge in [-0.05, 0) is 50.1 Å². The van der Waals surface area contributed by atoms with Gasteiger partial charge in [-0.15, -0.1) is 0 Å². The lowest BCUT2D eigenvalue weighted by molar-refractivity contribution is -0.132. The van der Waals surface area contributed by atoms with Gasteiger partial charge in [0.05, 0.1) is 24.4 Å². The van der Waals surface area contributed by atoms with Gasteiger partial charge in [-0.3, -0.25) is 14.5 Å². The van der Waals surface area contributed by atoms with Crippen LogP contribution < -0.4 is 9.64 Å². The molecule has 2 aliphatic rings. The highest BCUT2D eigenvalue weighted by Crippen LogP contribution is 2.44. The third-order valence-electron chi connectivity index (χ3n) is 6.37. The molecule has 0 radical (unpaired) electrons. The summed E-state index contributed by atoms with van der Waals surface area (Å²) in [6, 6.07) is 11.7. The fourth-order valence-corrected chi connectivity index (χ4v) is 5.60. The Hall–Kier alpha value is -3.98. The lowest BCUT2D eigenvalue weighted by Gasteiger charge is -2.23. The van der Waals surface area contributed by atoms with Crippen molar-refractivity contribution in [2.75, 3.05) is 12.0 Å². The van der Waals surface area contributed by atoms with Crippen LogP contribution in [0.4, 0.5) is 5.13 Å². The number of nitrogens with zero attached hydrogens (tertiary/aromatic N) is 2. The average molecular weight is 505 g/mol. The molecule has 36 heavy (non-hydrogen) atoms. The standard InChI is InChI=1S/C27H24N2O6S/c1-13-5-7-16(8-6-13)21-20(22(30)17-9-10-19-18(12-17)11-14(2)35-19)23(31)25(32)29(21)27-28-15(3)24(36-27)26(33)34-4/h5-10,12,14,21,30H,11H2,1-4H3/b22-20+. The maximum atomic E-state index is 13.4. The lowest BCUT2D eigenvalue weighted by Crippen LogP contribution is -2.29. The van der Waals surface area contributed by atoms with Crippen LogP contribution in [-0.2, 0) is 20.7 Å². The molecule has 3 heterocycles. The van der Waals surface area contributed by atoms with Crippen molar-refractivity contribution in [2.45, 2.75) is 39.3 Å². The molecule has 1 amide bonds. The van der Waals surface area contributed by atoms with E-state index in [0.717, 1.165) is 28.2 Å². The Labute approximate surface area is 211 Å². The number of carbonyl (C=O) groups excluding carboxylic acids is 3. The van der Waals surface area contributed by atoms with Crippen LogP contribution in [-0.4, -0.2) is 41.0 Å². The highest BCUT2D eigenvalue weighted by atomic mass is 32.1. The van der Waals surface area contributed by atoms with Crippen LogP contribution in [0.25, 0.3) is 5.76 Å². The molecule has 2 atom stereocenters. The van der Waals surface area contributed by atoms with E-state index in [9.17, 15) is 19.5 Å². The summed E-state index contributed by atoms with van der Waals surface area (Å²) in [5.41, 5.74) is 3.33. The van der Waals surface area contributed by atoms with Crippen molar-refractivity contribution < 1.29 is 29.0 Å². The van der Waals surface area contributed by atoms with Crippen molar-refractivity contribution >= 4 is 39.9 Å². The monoisotopic (exact) mass is 504 g/mol. The van der Waals surface area contributed by atoms with Crippen LogP contribution >= 0.6 is 11.3 Å². The molecular weight excluding hydrogens is 480 g/mol. The number of aliphatic hydroxyl groups is 1. The van der Waals surface area contributed by atoms with Crippen LogP contribution in [0.3, 0.4) is 0 Å². The van der Waals surface area contributed by atoms with Crippen LogP contribution in [0.5, 0.6) is 5.75 Å². The number of methoxy groups -OCH3 is 1. The van der Waals surface area contributed by atoms with Crippen molar-refractivity contribution in [3.8, 4) is 5.75 Å². The number of hydrogen-bond acceptors (Lipinski definition) is 8. The van der Waals surface area contributed by atoms with Crippen molar-refractivity contribution in [1.29, 1.82) is 0 Å². The van der Waals surface area contributed by atoms with Crippen LogP contribution in [0.2, 0.25) is 0 Å². The largest absolute Gasteiger partial charge is 0.507 e. The fourth-order valence-electron chi connectivity index (χ4n) is 4.59. The number of aromatic nitrogens is 1. The Bertz CT molecular complexity index is 1440. The number of ketones is 1. The third kappa shape index (κ3) is 3.85. The minimum absolute atomic E-state index is 0.0210. The summed E-state index contributed by atoms with van der Waals surface area (Å²) in [5, 5.41) is 11.6. The van der Waals surface area contributed by atoms with E-state index < -0.39 is 23.7 Å². The van der Waals surface area contributed by atoms with E-state index in [1.165, 1.54) is 12.0 Å². The number of ether oxygens (including phenoxy) is 2. The number of thiazole rings is 1. The molecular formula is C27H24N2O6S. The Kier molecular flexibility index (Phi) is 5.88. The molecule has 0 bridgehead atoms. The van der Waals surface area contributed by atoms with Gasteiger partial charge in [-0.25, -0.2) is 9.78 Å². The van der Waals surface area contributed by atoms with Crippen molar-refractivity contribution in [3.63, 3.8) is 0 Å². The van der Waals surface area contributed by atoms with E-state index in [1.54, 1.807) is 25.1 Å². The van der Waals surface area contributed by atoms with Gasteiger partial charge in [0.15, 0.2) is 5.13 Å². The molecule has 2 aromatic carbocycles. The second-order valence-electron chi connectivity index (χ2n) is 8.94. The number of benzene rings is 2.